The number of pyridine rings is 2. The first kappa shape index (κ1) is 17.6. The van der Waals surface area contributed by atoms with Gasteiger partial charge in [-0.3, -0.25) is 9.78 Å². The number of hydrogen-bond acceptors (Lipinski definition) is 4. The van der Waals surface area contributed by atoms with Gasteiger partial charge in [0.05, 0.1) is 11.6 Å². The molecule has 0 aliphatic carbocycles. The van der Waals surface area contributed by atoms with Crippen LogP contribution in [-0.4, -0.2) is 15.9 Å². The topological polar surface area (TPSA) is 64.1 Å². The SMILES string of the molecule is C[C@H](Oc1ccc(C(=O)N[C@H](C)c2ccncc2)cn1)c1ccccc1. The minimum atomic E-state index is -0.176. The van der Waals surface area contributed by atoms with Crippen molar-refractivity contribution in [1.29, 1.82) is 0 Å². The third-order valence-corrected chi connectivity index (χ3v) is 4.12. The highest BCUT2D eigenvalue weighted by atomic mass is 16.5. The Balaban J connectivity index is 1.61. The van der Waals surface area contributed by atoms with Crippen LogP contribution in [0.15, 0.2) is 73.2 Å². The fourth-order valence-electron chi connectivity index (χ4n) is 2.57. The molecule has 5 nitrogen and oxygen atoms in total. The Hall–Kier alpha value is -3.21. The third kappa shape index (κ3) is 4.45. The molecule has 2 heterocycles. The van der Waals surface area contributed by atoms with Crippen LogP contribution in [-0.2, 0) is 0 Å². The van der Waals surface area contributed by atoms with Gasteiger partial charge in [0.1, 0.15) is 6.10 Å². The quantitative estimate of drug-likeness (QED) is 0.729. The van der Waals surface area contributed by atoms with Crippen molar-refractivity contribution in [2.24, 2.45) is 0 Å². The highest BCUT2D eigenvalue weighted by molar-refractivity contribution is 5.94. The molecular weight excluding hydrogens is 326 g/mol. The molecule has 1 amide bonds. The van der Waals surface area contributed by atoms with E-state index in [2.05, 4.69) is 15.3 Å². The van der Waals surface area contributed by atoms with Gasteiger partial charge in [0.2, 0.25) is 5.88 Å². The van der Waals surface area contributed by atoms with Crippen LogP contribution in [0.2, 0.25) is 0 Å². The Bertz CT molecular complexity index is 836. The van der Waals surface area contributed by atoms with E-state index >= 15 is 0 Å². The molecule has 0 aliphatic heterocycles. The smallest absolute Gasteiger partial charge is 0.253 e. The zero-order valence-corrected chi connectivity index (χ0v) is 14.8. The summed E-state index contributed by atoms with van der Waals surface area (Å²) in [5.74, 6) is 0.310. The minimum Gasteiger partial charge on any atom is -0.470 e. The Morgan fingerprint density at radius 1 is 0.962 bits per heavy atom. The standard InChI is InChI=1S/C21H21N3O2/c1-15(17-10-12-22-13-11-17)24-21(25)19-8-9-20(23-14-19)26-16(2)18-6-4-3-5-7-18/h3-16H,1-2H3,(H,24,25)/t15-,16+/m1/s1. The van der Waals surface area contributed by atoms with E-state index in [0.717, 1.165) is 11.1 Å². The molecule has 1 N–H and O–H groups in total. The maximum absolute atomic E-state index is 12.4. The van der Waals surface area contributed by atoms with E-state index in [1.54, 1.807) is 24.5 Å². The Kier molecular flexibility index (Phi) is 5.59. The number of carbonyl (C=O) groups excluding carboxylic acids is 1. The molecule has 0 spiro atoms. The molecule has 1 aromatic carbocycles. The second-order valence-electron chi connectivity index (χ2n) is 6.03. The first-order valence-electron chi connectivity index (χ1n) is 8.52. The van der Waals surface area contributed by atoms with Gasteiger partial charge < -0.3 is 10.1 Å². The van der Waals surface area contributed by atoms with Crippen LogP contribution in [0.3, 0.4) is 0 Å². The van der Waals surface area contributed by atoms with Crippen molar-refractivity contribution in [3.8, 4) is 5.88 Å². The summed E-state index contributed by atoms with van der Waals surface area (Å²) >= 11 is 0. The van der Waals surface area contributed by atoms with Gasteiger partial charge in [0.25, 0.3) is 5.91 Å². The van der Waals surface area contributed by atoms with Gasteiger partial charge in [-0.25, -0.2) is 4.98 Å². The van der Waals surface area contributed by atoms with Crippen molar-refractivity contribution >= 4 is 5.91 Å². The zero-order valence-electron chi connectivity index (χ0n) is 14.8. The average Bonchev–Trinajstić information content (AvgIpc) is 2.69. The molecule has 26 heavy (non-hydrogen) atoms. The van der Waals surface area contributed by atoms with Crippen molar-refractivity contribution < 1.29 is 9.53 Å². The predicted octanol–water partition coefficient (Wildman–Crippen LogP) is 4.11. The molecule has 2 atom stereocenters. The summed E-state index contributed by atoms with van der Waals surface area (Å²) in [7, 11) is 0. The van der Waals surface area contributed by atoms with Crippen molar-refractivity contribution in [1.82, 2.24) is 15.3 Å². The van der Waals surface area contributed by atoms with Gasteiger partial charge in [-0.2, -0.15) is 0 Å². The van der Waals surface area contributed by atoms with Crippen LogP contribution in [0.1, 0.15) is 47.5 Å². The molecule has 3 rings (SSSR count). The van der Waals surface area contributed by atoms with Crippen LogP contribution < -0.4 is 10.1 Å². The van der Waals surface area contributed by atoms with E-state index in [1.165, 1.54) is 6.20 Å². The van der Waals surface area contributed by atoms with Crippen molar-refractivity contribution in [2.45, 2.75) is 26.0 Å². The van der Waals surface area contributed by atoms with Crippen LogP contribution >= 0.6 is 0 Å². The van der Waals surface area contributed by atoms with Gasteiger partial charge in [0, 0.05) is 24.7 Å². The molecule has 0 bridgehead atoms. The molecule has 0 aliphatic rings. The van der Waals surface area contributed by atoms with Crippen LogP contribution in [0, 0.1) is 0 Å². The monoisotopic (exact) mass is 347 g/mol. The summed E-state index contributed by atoms with van der Waals surface area (Å²) in [5, 5.41) is 2.95. The summed E-state index contributed by atoms with van der Waals surface area (Å²) in [6, 6.07) is 17.0. The number of aromatic nitrogens is 2. The van der Waals surface area contributed by atoms with E-state index in [9.17, 15) is 4.79 Å². The van der Waals surface area contributed by atoms with Gasteiger partial charge in [-0.1, -0.05) is 30.3 Å². The summed E-state index contributed by atoms with van der Waals surface area (Å²) < 4.78 is 5.84. The lowest BCUT2D eigenvalue weighted by Crippen LogP contribution is -2.26. The Morgan fingerprint density at radius 3 is 2.35 bits per heavy atom. The minimum absolute atomic E-state index is 0.112. The first-order chi connectivity index (χ1) is 12.6. The number of amides is 1. The maximum atomic E-state index is 12.4. The molecule has 0 fully saturated rings. The lowest BCUT2D eigenvalue weighted by atomic mass is 10.1. The fourth-order valence-corrected chi connectivity index (χ4v) is 2.57. The molecule has 3 aromatic rings. The fraction of sp³-hybridized carbons (Fsp3) is 0.190. The number of benzene rings is 1. The van der Waals surface area contributed by atoms with Gasteiger partial charge >= 0.3 is 0 Å². The van der Waals surface area contributed by atoms with E-state index in [0.29, 0.717) is 11.4 Å². The Morgan fingerprint density at radius 2 is 1.69 bits per heavy atom. The van der Waals surface area contributed by atoms with Crippen molar-refractivity contribution in [2.75, 3.05) is 0 Å². The number of nitrogens with one attached hydrogen (secondary N) is 1. The maximum Gasteiger partial charge on any atom is 0.253 e. The third-order valence-electron chi connectivity index (χ3n) is 4.12. The van der Waals surface area contributed by atoms with Crippen molar-refractivity contribution in [3.05, 3.63) is 89.9 Å². The molecule has 5 heteroatoms. The molecular formula is C21H21N3O2. The summed E-state index contributed by atoms with van der Waals surface area (Å²) in [6.45, 7) is 3.90. The van der Waals surface area contributed by atoms with Crippen LogP contribution in [0.5, 0.6) is 5.88 Å². The number of nitrogens with zero attached hydrogens (tertiary/aromatic N) is 2. The highest BCUT2D eigenvalue weighted by Crippen LogP contribution is 2.20. The number of rotatable bonds is 6. The van der Waals surface area contributed by atoms with Gasteiger partial charge in [-0.15, -0.1) is 0 Å². The molecule has 2 aromatic heterocycles. The summed E-state index contributed by atoms with van der Waals surface area (Å²) in [4.78, 5) is 20.6. The molecule has 0 saturated carbocycles. The van der Waals surface area contributed by atoms with E-state index in [1.807, 2.05) is 56.3 Å². The molecule has 0 radical (unpaired) electrons. The zero-order chi connectivity index (χ0) is 18.4. The molecule has 132 valence electrons. The van der Waals surface area contributed by atoms with E-state index in [4.69, 9.17) is 4.74 Å². The molecule has 0 saturated heterocycles. The number of ether oxygens (including phenoxy) is 1. The number of carbonyl (C=O) groups is 1. The van der Waals surface area contributed by atoms with Crippen molar-refractivity contribution in [3.63, 3.8) is 0 Å². The first-order valence-corrected chi connectivity index (χ1v) is 8.52. The second-order valence-corrected chi connectivity index (χ2v) is 6.03. The predicted molar refractivity (Wildman–Crippen MR) is 99.8 cm³/mol. The van der Waals surface area contributed by atoms with E-state index < -0.39 is 0 Å². The summed E-state index contributed by atoms with van der Waals surface area (Å²) in [5.41, 5.74) is 2.56. The van der Waals surface area contributed by atoms with Crippen LogP contribution in [0.4, 0.5) is 0 Å². The summed E-state index contributed by atoms with van der Waals surface area (Å²) in [6.07, 6.45) is 4.83. The Labute approximate surface area is 153 Å². The number of hydrogen-bond donors (Lipinski definition) is 1. The largest absolute Gasteiger partial charge is 0.470 e. The normalized spacial score (nSPS) is 12.8. The lowest BCUT2D eigenvalue weighted by Gasteiger charge is -2.15. The second kappa shape index (κ2) is 8.25. The van der Waals surface area contributed by atoms with Gasteiger partial charge in [0.15, 0.2) is 0 Å². The van der Waals surface area contributed by atoms with Gasteiger partial charge in [-0.05, 0) is 43.2 Å². The highest BCUT2D eigenvalue weighted by Gasteiger charge is 2.13. The van der Waals surface area contributed by atoms with Crippen LogP contribution in [0.25, 0.3) is 0 Å². The molecule has 0 unspecified atom stereocenters. The average molecular weight is 347 g/mol. The lowest BCUT2D eigenvalue weighted by molar-refractivity contribution is 0.0939. The van der Waals surface area contributed by atoms with E-state index in [-0.39, 0.29) is 18.1 Å².